The average molecular weight is 533 g/mol. The second kappa shape index (κ2) is 13.4. The SMILES string of the molecule is CC(c1ccccc1)N(Cc1cccc(Oc2ccccc2)c1)Cc1nc(C(=O)NCCc2ccccn2)co1. The molecule has 0 saturated heterocycles. The molecule has 0 fully saturated rings. The number of carbonyl (C=O) groups is 1. The predicted octanol–water partition coefficient (Wildman–Crippen LogP) is 6.60. The fourth-order valence-electron chi connectivity index (χ4n) is 4.44. The third kappa shape index (κ3) is 7.42. The number of carbonyl (C=O) groups excluding carboxylic acids is 1. The van der Waals surface area contributed by atoms with E-state index in [1.54, 1.807) is 6.20 Å². The summed E-state index contributed by atoms with van der Waals surface area (Å²) in [6, 6.07) is 34.0. The highest BCUT2D eigenvalue weighted by molar-refractivity contribution is 5.91. The number of ether oxygens (including phenoxy) is 1. The molecule has 1 amide bonds. The summed E-state index contributed by atoms with van der Waals surface area (Å²) in [5.41, 5.74) is 3.46. The van der Waals surface area contributed by atoms with Crippen LogP contribution in [0, 0.1) is 0 Å². The molecule has 3 aromatic carbocycles. The average Bonchev–Trinajstić information content (AvgIpc) is 3.47. The van der Waals surface area contributed by atoms with Crippen LogP contribution in [0.1, 0.15) is 46.2 Å². The van der Waals surface area contributed by atoms with Gasteiger partial charge in [0.2, 0.25) is 5.89 Å². The van der Waals surface area contributed by atoms with Gasteiger partial charge in [0.15, 0.2) is 5.69 Å². The second-order valence-electron chi connectivity index (χ2n) is 9.51. The molecule has 0 aliphatic rings. The van der Waals surface area contributed by atoms with Crippen molar-refractivity contribution in [1.82, 2.24) is 20.2 Å². The van der Waals surface area contributed by atoms with Gasteiger partial charge in [-0.05, 0) is 54.4 Å². The zero-order valence-corrected chi connectivity index (χ0v) is 22.4. The summed E-state index contributed by atoms with van der Waals surface area (Å²) in [5.74, 6) is 1.78. The van der Waals surface area contributed by atoms with Gasteiger partial charge < -0.3 is 14.5 Å². The summed E-state index contributed by atoms with van der Waals surface area (Å²) in [6.45, 7) is 3.70. The molecule has 1 unspecified atom stereocenters. The first kappa shape index (κ1) is 26.8. The van der Waals surface area contributed by atoms with Crippen molar-refractivity contribution in [2.24, 2.45) is 0 Å². The summed E-state index contributed by atoms with van der Waals surface area (Å²) in [7, 11) is 0. The number of hydrogen-bond donors (Lipinski definition) is 1. The molecular weight excluding hydrogens is 500 g/mol. The Morgan fingerprint density at radius 2 is 1.65 bits per heavy atom. The number of rotatable bonds is 12. The molecule has 0 spiro atoms. The highest BCUT2D eigenvalue weighted by Crippen LogP contribution is 2.27. The van der Waals surface area contributed by atoms with Gasteiger partial charge >= 0.3 is 0 Å². The van der Waals surface area contributed by atoms with Crippen molar-refractivity contribution in [1.29, 1.82) is 0 Å². The van der Waals surface area contributed by atoms with Gasteiger partial charge in [0.05, 0.1) is 6.54 Å². The molecule has 2 aromatic heterocycles. The molecule has 40 heavy (non-hydrogen) atoms. The van der Waals surface area contributed by atoms with Crippen molar-refractivity contribution in [2.45, 2.75) is 32.5 Å². The van der Waals surface area contributed by atoms with Crippen LogP contribution >= 0.6 is 0 Å². The van der Waals surface area contributed by atoms with Crippen molar-refractivity contribution < 1.29 is 13.9 Å². The number of para-hydroxylation sites is 1. The van der Waals surface area contributed by atoms with E-state index in [9.17, 15) is 4.79 Å². The number of aromatic nitrogens is 2. The molecule has 1 N–H and O–H groups in total. The van der Waals surface area contributed by atoms with Gasteiger partial charge in [0, 0.05) is 37.4 Å². The smallest absolute Gasteiger partial charge is 0.273 e. The minimum absolute atomic E-state index is 0.0717. The molecule has 0 aliphatic heterocycles. The zero-order chi connectivity index (χ0) is 27.6. The highest BCUT2D eigenvalue weighted by atomic mass is 16.5. The van der Waals surface area contributed by atoms with Crippen LogP contribution in [-0.2, 0) is 19.5 Å². The Morgan fingerprint density at radius 3 is 2.42 bits per heavy atom. The number of amides is 1. The maximum absolute atomic E-state index is 12.7. The molecule has 0 radical (unpaired) electrons. The van der Waals surface area contributed by atoms with Crippen molar-refractivity contribution in [2.75, 3.05) is 6.54 Å². The lowest BCUT2D eigenvalue weighted by atomic mass is 10.1. The number of benzene rings is 3. The molecular formula is C33H32N4O3. The minimum atomic E-state index is -0.264. The van der Waals surface area contributed by atoms with Crippen LogP contribution in [-0.4, -0.2) is 27.3 Å². The van der Waals surface area contributed by atoms with Gasteiger partial charge in [-0.25, -0.2) is 4.98 Å². The standard InChI is InChI=1S/C33H32N4O3/c1-25(27-12-4-2-5-13-27)37(22-26-11-10-17-30(21-26)40-29-15-6-3-7-16-29)23-32-36-31(24-39-32)33(38)35-20-18-28-14-8-9-19-34-28/h2-17,19,21,24-25H,18,20,22-23H2,1H3,(H,35,38). The number of nitrogens with one attached hydrogen (secondary N) is 1. The van der Waals surface area contributed by atoms with Crippen LogP contribution in [0.4, 0.5) is 0 Å². The third-order valence-electron chi connectivity index (χ3n) is 6.61. The lowest BCUT2D eigenvalue weighted by molar-refractivity contribution is 0.0949. The molecule has 5 rings (SSSR count). The van der Waals surface area contributed by atoms with E-state index in [-0.39, 0.29) is 17.6 Å². The maximum Gasteiger partial charge on any atom is 0.273 e. The molecule has 7 nitrogen and oxygen atoms in total. The van der Waals surface area contributed by atoms with Gasteiger partial charge in [-0.1, -0.05) is 66.7 Å². The minimum Gasteiger partial charge on any atom is -0.457 e. The summed E-state index contributed by atoms with van der Waals surface area (Å²) >= 11 is 0. The van der Waals surface area contributed by atoms with Crippen molar-refractivity contribution in [3.63, 3.8) is 0 Å². The van der Waals surface area contributed by atoms with E-state index < -0.39 is 0 Å². The van der Waals surface area contributed by atoms with Crippen molar-refractivity contribution in [3.05, 3.63) is 144 Å². The van der Waals surface area contributed by atoms with E-state index in [4.69, 9.17) is 9.15 Å². The highest BCUT2D eigenvalue weighted by Gasteiger charge is 2.21. The van der Waals surface area contributed by atoms with Crippen molar-refractivity contribution in [3.8, 4) is 11.5 Å². The van der Waals surface area contributed by atoms with Gasteiger partial charge in [0.25, 0.3) is 5.91 Å². The Labute approximate surface area is 234 Å². The van der Waals surface area contributed by atoms with Crippen LogP contribution in [0.2, 0.25) is 0 Å². The molecule has 7 heteroatoms. The lowest BCUT2D eigenvalue weighted by Gasteiger charge is -2.28. The van der Waals surface area contributed by atoms with Gasteiger partial charge in [0.1, 0.15) is 17.8 Å². The molecule has 202 valence electrons. The van der Waals surface area contributed by atoms with Crippen LogP contribution < -0.4 is 10.1 Å². The van der Waals surface area contributed by atoms with E-state index in [1.807, 2.05) is 84.9 Å². The Morgan fingerprint density at radius 1 is 0.900 bits per heavy atom. The van der Waals surface area contributed by atoms with Crippen LogP contribution in [0.15, 0.2) is 120 Å². The lowest BCUT2D eigenvalue weighted by Crippen LogP contribution is -2.27. The molecule has 2 heterocycles. The monoisotopic (exact) mass is 532 g/mol. The first-order chi connectivity index (χ1) is 19.6. The predicted molar refractivity (Wildman–Crippen MR) is 154 cm³/mol. The first-order valence-electron chi connectivity index (χ1n) is 13.4. The summed E-state index contributed by atoms with van der Waals surface area (Å²) < 4.78 is 11.8. The Hall–Kier alpha value is -4.75. The molecule has 5 aromatic rings. The van der Waals surface area contributed by atoms with Crippen LogP contribution in [0.5, 0.6) is 11.5 Å². The van der Waals surface area contributed by atoms with Gasteiger partial charge in [-0.15, -0.1) is 0 Å². The largest absolute Gasteiger partial charge is 0.457 e. The van der Waals surface area contributed by atoms with Gasteiger partial charge in [-0.3, -0.25) is 14.7 Å². The summed E-state index contributed by atoms with van der Waals surface area (Å²) in [4.78, 5) is 23.8. The number of hydrogen-bond acceptors (Lipinski definition) is 6. The fourth-order valence-corrected chi connectivity index (χ4v) is 4.44. The number of nitrogens with zero attached hydrogens (tertiary/aromatic N) is 3. The Kier molecular flexibility index (Phi) is 8.96. The molecule has 0 bridgehead atoms. The summed E-state index contributed by atoms with van der Waals surface area (Å²) in [5, 5.41) is 2.90. The van der Waals surface area contributed by atoms with E-state index >= 15 is 0 Å². The molecule has 1 atom stereocenters. The number of oxazole rings is 1. The Bertz CT molecular complexity index is 1490. The molecule has 0 saturated carbocycles. The van der Waals surface area contributed by atoms with E-state index in [2.05, 4.69) is 45.3 Å². The van der Waals surface area contributed by atoms with E-state index in [0.29, 0.717) is 31.9 Å². The normalized spacial score (nSPS) is 11.8. The second-order valence-corrected chi connectivity index (χ2v) is 9.51. The van der Waals surface area contributed by atoms with Crippen LogP contribution in [0.25, 0.3) is 0 Å². The van der Waals surface area contributed by atoms with E-state index in [0.717, 1.165) is 22.8 Å². The zero-order valence-electron chi connectivity index (χ0n) is 22.4. The first-order valence-corrected chi connectivity index (χ1v) is 13.4. The van der Waals surface area contributed by atoms with E-state index in [1.165, 1.54) is 11.8 Å². The summed E-state index contributed by atoms with van der Waals surface area (Å²) in [6.07, 6.45) is 3.81. The fraction of sp³-hybridized carbons (Fsp3) is 0.182. The van der Waals surface area contributed by atoms with Crippen molar-refractivity contribution >= 4 is 5.91 Å². The quantitative estimate of drug-likeness (QED) is 0.195. The molecule has 0 aliphatic carbocycles. The topological polar surface area (TPSA) is 80.5 Å². The third-order valence-corrected chi connectivity index (χ3v) is 6.61. The maximum atomic E-state index is 12.7. The number of pyridine rings is 1. The van der Waals surface area contributed by atoms with Gasteiger partial charge in [-0.2, -0.15) is 0 Å². The van der Waals surface area contributed by atoms with Crippen LogP contribution in [0.3, 0.4) is 0 Å². The Balaban J connectivity index is 1.27.